The van der Waals surface area contributed by atoms with E-state index in [1.807, 2.05) is 4.57 Å². The van der Waals surface area contributed by atoms with Gasteiger partial charge in [-0.15, -0.1) is 0 Å². The fourth-order valence-electron chi connectivity index (χ4n) is 4.82. The summed E-state index contributed by atoms with van der Waals surface area (Å²) in [5, 5.41) is 4.55. The highest BCUT2D eigenvalue weighted by Crippen LogP contribution is 2.35. The Bertz CT molecular complexity index is 1720. The van der Waals surface area contributed by atoms with Gasteiger partial charge in [0.2, 0.25) is 10.0 Å². The van der Waals surface area contributed by atoms with Crippen molar-refractivity contribution in [2.45, 2.75) is 30.7 Å². The lowest BCUT2D eigenvalue weighted by Crippen LogP contribution is -2.39. The molecule has 0 unspecified atom stereocenters. The normalized spacial score (nSPS) is 15.8. The molecule has 1 fully saturated rings. The van der Waals surface area contributed by atoms with Crippen molar-refractivity contribution in [1.82, 2.24) is 24.0 Å². The van der Waals surface area contributed by atoms with Gasteiger partial charge in [0.1, 0.15) is 23.0 Å². The van der Waals surface area contributed by atoms with Gasteiger partial charge in [-0.1, -0.05) is 5.16 Å². The Morgan fingerprint density at radius 1 is 1.06 bits per heavy atom. The van der Waals surface area contributed by atoms with Gasteiger partial charge in [0.15, 0.2) is 11.2 Å². The molecule has 1 aliphatic heterocycles. The van der Waals surface area contributed by atoms with Crippen LogP contribution >= 0.6 is 0 Å². The molecule has 1 saturated heterocycles. The van der Waals surface area contributed by atoms with Crippen LogP contribution < -0.4 is 0 Å². The monoisotopic (exact) mass is 509 g/mol. The largest absolute Gasteiger partial charge is 0.356 e. The van der Waals surface area contributed by atoms with Crippen molar-refractivity contribution in [2.24, 2.45) is 0 Å². The third kappa shape index (κ3) is 3.66. The molecule has 2 aromatic carbocycles. The predicted molar refractivity (Wildman–Crippen MR) is 129 cm³/mol. The second-order valence-corrected chi connectivity index (χ2v) is 10.8. The minimum Gasteiger partial charge on any atom is -0.356 e. The van der Waals surface area contributed by atoms with E-state index in [1.54, 1.807) is 37.4 Å². The third-order valence-corrected chi connectivity index (χ3v) is 8.56. The minimum absolute atomic E-state index is 0.168. The number of sulfonamides is 1. The molecule has 11 heteroatoms. The molecule has 0 saturated carbocycles. The highest BCUT2D eigenvalue weighted by Gasteiger charge is 2.32. The van der Waals surface area contributed by atoms with Crippen LogP contribution in [0.25, 0.3) is 33.5 Å². The molecule has 8 nitrogen and oxygen atoms in total. The Hall–Kier alpha value is -3.70. The van der Waals surface area contributed by atoms with Gasteiger partial charge in [-0.05, 0) is 62.2 Å². The quantitative estimate of drug-likeness (QED) is 0.344. The molecule has 0 bridgehead atoms. The molecule has 6 rings (SSSR count). The standard InChI is InChI=1S/C25H21F2N5O3S/c1-15-20-14-18(5-7-23(20)35-30-15)36(33,34)31-11-8-17(9-12-31)32-24(19-6-4-16(26)13-21(19)27)29-22-3-2-10-28-25(22)32/h2-7,10,13-14,17H,8-9,11-12H2,1H3. The van der Waals surface area contributed by atoms with E-state index in [4.69, 9.17) is 4.52 Å². The van der Waals surface area contributed by atoms with Crippen molar-refractivity contribution in [3.8, 4) is 11.4 Å². The zero-order valence-corrected chi connectivity index (χ0v) is 20.0. The van der Waals surface area contributed by atoms with Crippen molar-refractivity contribution < 1.29 is 21.7 Å². The van der Waals surface area contributed by atoms with Crippen molar-refractivity contribution in [3.05, 3.63) is 72.1 Å². The summed E-state index contributed by atoms with van der Waals surface area (Å²) in [5.41, 5.74) is 2.49. The molecule has 0 spiro atoms. The third-order valence-electron chi connectivity index (χ3n) is 6.67. The van der Waals surface area contributed by atoms with Crippen molar-refractivity contribution >= 4 is 32.2 Å². The van der Waals surface area contributed by atoms with Crippen LogP contribution in [0.3, 0.4) is 0 Å². The molecule has 0 atom stereocenters. The van der Waals surface area contributed by atoms with Crippen LogP contribution in [-0.4, -0.2) is 45.5 Å². The molecule has 1 aliphatic rings. The zero-order valence-electron chi connectivity index (χ0n) is 19.2. The first-order valence-corrected chi connectivity index (χ1v) is 12.9. The van der Waals surface area contributed by atoms with E-state index in [-0.39, 0.29) is 29.6 Å². The van der Waals surface area contributed by atoms with Gasteiger partial charge in [-0.25, -0.2) is 27.2 Å². The van der Waals surface area contributed by atoms with E-state index in [1.165, 1.54) is 22.5 Å². The highest BCUT2D eigenvalue weighted by molar-refractivity contribution is 7.89. The molecule has 0 amide bonds. The Kier molecular flexibility index (Phi) is 5.34. The number of pyridine rings is 1. The first-order chi connectivity index (χ1) is 17.3. The minimum atomic E-state index is -3.73. The molecule has 0 N–H and O–H groups in total. The number of aryl methyl sites for hydroxylation is 1. The average molecular weight is 510 g/mol. The lowest BCUT2D eigenvalue weighted by molar-refractivity contribution is 0.278. The molecule has 5 aromatic rings. The topological polar surface area (TPSA) is 94.1 Å². The van der Waals surface area contributed by atoms with E-state index < -0.39 is 21.7 Å². The number of fused-ring (bicyclic) bond motifs is 2. The van der Waals surface area contributed by atoms with Gasteiger partial charge in [0.05, 0.1) is 16.2 Å². The predicted octanol–water partition coefficient (Wildman–Crippen LogP) is 4.85. The number of hydrogen-bond donors (Lipinski definition) is 0. The van der Waals surface area contributed by atoms with E-state index >= 15 is 0 Å². The number of rotatable bonds is 4. The highest BCUT2D eigenvalue weighted by atomic mass is 32.2. The Balaban J connectivity index is 1.32. The van der Waals surface area contributed by atoms with E-state index in [9.17, 15) is 17.2 Å². The van der Waals surface area contributed by atoms with Gasteiger partial charge >= 0.3 is 0 Å². The summed E-state index contributed by atoms with van der Waals surface area (Å²) in [5.74, 6) is -1.04. The van der Waals surface area contributed by atoms with Crippen LogP contribution in [0.4, 0.5) is 8.78 Å². The Morgan fingerprint density at radius 2 is 1.86 bits per heavy atom. The Morgan fingerprint density at radius 3 is 2.64 bits per heavy atom. The number of imidazole rings is 1. The van der Waals surface area contributed by atoms with Gasteiger partial charge in [-0.2, -0.15) is 4.31 Å². The summed E-state index contributed by atoms with van der Waals surface area (Å²) in [4.78, 5) is 9.23. The lowest BCUT2D eigenvalue weighted by atomic mass is 10.1. The van der Waals surface area contributed by atoms with Crippen molar-refractivity contribution in [2.75, 3.05) is 13.1 Å². The molecule has 0 radical (unpaired) electrons. The number of nitrogens with zero attached hydrogens (tertiary/aromatic N) is 5. The molecule has 0 aliphatic carbocycles. The number of halogens is 2. The molecule has 36 heavy (non-hydrogen) atoms. The van der Waals surface area contributed by atoms with Gasteiger partial charge in [-0.3, -0.25) is 0 Å². The van der Waals surface area contributed by atoms with E-state index in [2.05, 4.69) is 15.1 Å². The molecule has 184 valence electrons. The van der Waals surface area contributed by atoms with Gasteiger partial charge in [0.25, 0.3) is 0 Å². The molecule has 4 heterocycles. The number of aromatic nitrogens is 4. The summed E-state index contributed by atoms with van der Waals surface area (Å²) >= 11 is 0. The van der Waals surface area contributed by atoms with Crippen molar-refractivity contribution in [1.29, 1.82) is 0 Å². The van der Waals surface area contributed by atoms with Gasteiger partial charge in [0, 0.05) is 36.8 Å². The summed E-state index contributed by atoms with van der Waals surface area (Å²) in [6.45, 7) is 2.30. The average Bonchev–Trinajstić information content (AvgIpc) is 3.44. The van der Waals surface area contributed by atoms with Crippen LogP contribution in [0.15, 0.2) is 64.1 Å². The van der Waals surface area contributed by atoms with Crippen LogP contribution in [-0.2, 0) is 10.0 Å². The SMILES string of the molecule is Cc1noc2ccc(S(=O)(=O)N3CCC(n4c(-c5ccc(F)cc5F)nc5cccnc54)CC3)cc12. The fourth-order valence-corrected chi connectivity index (χ4v) is 6.32. The zero-order chi connectivity index (χ0) is 25.0. The van der Waals surface area contributed by atoms with E-state index in [0.29, 0.717) is 46.5 Å². The number of piperidine rings is 1. The van der Waals surface area contributed by atoms with Gasteiger partial charge < -0.3 is 9.09 Å². The summed E-state index contributed by atoms with van der Waals surface area (Å²) in [6.07, 6.45) is 2.59. The second kappa shape index (κ2) is 8.45. The maximum atomic E-state index is 14.7. The first-order valence-electron chi connectivity index (χ1n) is 11.5. The lowest BCUT2D eigenvalue weighted by Gasteiger charge is -2.32. The van der Waals surface area contributed by atoms with E-state index in [0.717, 1.165) is 6.07 Å². The summed E-state index contributed by atoms with van der Waals surface area (Å²) in [7, 11) is -3.73. The fraction of sp³-hybridized carbons (Fsp3) is 0.240. The number of benzene rings is 2. The molecular weight excluding hydrogens is 488 g/mol. The maximum Gasteiger partial charge on any atom is 0.243 e. The second-order valence-electron chi connectivity index (χ2n) is 8.84. The molecular formula is C25H21F2N5O3S. The summed E-state index contributed by atoms with van der Waals surface area (Å²) < 4.78 is 63.6. The van der Waals surface area contributed by atoms with Crippen molar-refractivity contribution in [3.63, 3.8) is 0 Å². The molecule has 3 aromatic heterocycles. The Labute approximate surface area is 205 Å². The van der Waals surface area contributed by atoms with Crippen LogP contribution in [0.1, 0.15) is 24.6 Å². The maximum absolute atomic E-state index is 14.7. The summed E-state index contributed by atoms with van der Waals surface area (Å²) in [6, 6.07) is 11.5. The smallest absolute Gasteiger partial charge is 0.243 e. The number of hydrogen-bond acceptors (Lipinski definition) is 6. The van der Waals surface area contributed by atoms with Crippen LogP contribution in [0.2, 0.25) is 0 Å². The van der Waals surface area contributed by atoms with Crippen LogP contribution in [0, 0.1) is 18.6 Å². The van der Waals surface area contributed by atoms with Crippen LogP contribution in [0.5, 0.6) is 0 Å². The first kappa shape index (κ1) is 22.7.